The molecule has 1 heterocycles. The second-order valence-electron chi connectivity index (χ2n) is 4.63. The number of amides is 2. The highest BCUT2D eigenvalue weighted by Crippen LogP contribution is 2.24. The van der Waals surface area contributed by atoms with Crippen molar-refractivity contribution in [3.63, 3.8) is 0 Å². The van der Waals surface area contributed by atoms with Gasteiger partial charge in [0, 0.05) is 27.1 Å². The average molecular weight is 248 g/mol. The highest BCUT2D eigenvalue weighted by atomic mass is 16.4. The van der Waals surface area contributed by atoms with E-state index in [1.165, 1.54) is 9.80 Å². The van der Waals surface area contributed by atoms with Gasteiger partial charge in [-0.1, -0.05) is 24.3 Å². The molecule has 0 radical (unpaired) electrons. The summed E-state index contributed by atoms with van der Waals surface area (Å²) in [4.78, 5) is 26.1. The van der Waals surface area contributed by atoms with E-state index in [2.05, 4.69) is 0 Å². The summed E-state index contributed by atoms with van der Waals surface area (Å²) in [7, 11) is 3.25. The Morgan fingerprint density at radius 2 is 1.89 bits per heavy atom. The predicted molar refractivity (Wildman–Crippen MR) is 66.2 cm³/mol. The zero-order valence-electron chi connectivity index (χ0n) is 10.5. The highest BCUT2D eigenvalue weighted by Gasteiger charge is 2.35. The normalized spacial score (nSPS) is 18.1. The van der Waals surface area contributed by atoms with E-state index in [9.17, 15) is 14.7 Å². The summed E-state index contributed by atoms with van der Waals surface area (Å²) in [6.07, 6.45) is 0.366. The Bertz CT molecular complexity index is 485. The molecule has 96 valence electrons. The Morgan fingerprint density at radius 1 is 1.28 bits per heavy atom. The van der Waals surface area contributed by atoms with E-state index >= 15 is 0 Å². The Labute approximate surface area is 106 Å². The molecule has 0 aliphatic carbocycles. The van der Waals surface area contributed by atoms with Crippen LogP contribution in [0.2, 0.25) is 0 Å². The summed E-state index contributed by atoms with van der Waals surface area (Å²) in [5, 5.41) is 9.25. The number of hydrogen-bond acceptors (Lipinski definition) is 2. The van der Waals surface area contributed by atoms with Gasteiger partial charge in [-0.25, -0.2) is 9.59 Å². The van der Waals surface area contributed by atoms with Crippen LogP contribution in [0.3, 0.4) is 0 Å². The number of carbonyl (C=O) groups is 2. The summed E-state index contributed by atoms with van der Waals surface area (Å²) in [5.74, 6) is -0.959. The lowest BCUT2D eigenvalue weighted by Gasteiger charge is -2.35. The molecule has 0 spiro atoms. The molecule has 1 N–H and O–H groups in total. The van der Waals surface area contributed by atoms with Crippen molar-refractivity contribution in [3.05, 3.63) is 35.4 Å². The lowest BCUT2D eigenvalue weighted by atomic mass is 9.94. The second kappa shape index (κ2) is 4.68. The molecule has 1 aromatic carbocycles. The molecule has 1 aliphatic heterocycles. The molecule has 0 bridgehead atoms. The second-order valence-corrected chi connectivity index (χ2v) is 4.63. The number of rotatable bonds is 1. The van der Waals surface area contributed by atoms with Gasteiger partial charge in [-0.05, 0) is 11.1 Å². The smallest absolute Gasteiger partial charge is 0.326 e. The highest BCUT2D eigenvalue weighted by molar-refractivity contribution is 5.83. The van der Waals surface area contributed by atoms with Gasteiger partial charge < -0.3 is 14.9 Å². The zero-order valence-corrected chi connectivity index (χ0v) is 10.5. The number of carbonyl (C=O) groups excluding carboxylic acids is 1. The molecule has 2 rings (SSSR count). The fourth-order valence-corrected chi connectivity index (χ4v) is 2.20. The first-order chi connectivity index (χ1) is 8.50. The van der Waals surface area contributed by atoms with Crippen LogP contribution in [0.15, 0.2) is 24.3 Å². The van der Waals surface area contributed by atoms with Gasteiger partial charge in [-0.3, -0.25) is 0 Å². The fraction of sp³-hybridized carbons (Fsp3) is 0.385. The summed E-state index contributed by atoms with van der Waals surface area (Å²) >= 11 is 0. The fourth-order valence-electron chi connectivity index (χ4n) is 2.20. The number of hydrogen-bond donors (Lipinski definition) is 1. The van der Waals surface area contributed by atoms with E-state index in [-0.39, 0.29) is 6.03 Å². The molecule has 0 fully saturated rings. The lowest BCUT2D eigenvalue weighted by Crippen LogP contribution is -2.51. The number of fused-ring (bicyclic) bond motifs is 1. The van der Waals surface area contributed by atoms with Crippen molar-refractivity contribution in [2.24, 2.45) is 0 Å². The van der Waals surface area contributed by atoms with E-state index in [0.717, 1.165) is 11.1 Å². The topological polar surface area (TPSA) is 60.9 Å². The maximum absolute atomic E-state index is 12.0. The molecule has 1 aromatic rings. The average Bonchev–Trinajstić information content (AvgIpc) is 2.36. The van der Waals surface area contributed by atoms with Crippen LogP contribution >= 0.6 is 0 Å². The third kappa shape index (κ3) is 2.16. The number of carboxylic acids is 1. The van der Waals surface area contributed by atoms with Crippen LogP contribution in [-0.2, 0) is 17.8 Å². The van der Waals surface area contributed by atoms with Crippen molar-refractivity contribution in [1.29, 1.82) is 0 Å². The van der Waals surface area contributed by atoms with E-state index < -0.39 is 12.0 Å². The van der Waals surface area contributed by atoms with Crippen LogP contribution in [0.25, 0.3) is 0 Å². The third-order valence-corrected chi connectivity index (χ3v) is 3.16. The van der Waals surface area contributed by atoms with Gasteiger partial charge in [-0.2, -0.15) is 0 Å². The number of carboxylic acid groups (broad SMARTS) is 1. The first-order valence-electron chi connectivity index (χ1n) is 5.78. The Morgan fingerprint density at radius 3 is 2.44 bits per heavy atom. The molecule has 2 amide bonds. The first kappa shape index (κ1) is 12.4. The molecule has 1 atom stereocenters. The molecule has 5 heteroatoms. The monoisotopic (exact) mass is 248 g/mol. The van der Waals surface area contributed by atoms with Crippen molar-refractivity contribution in [1.82, 2.24) is 9.80 Å². The summed E-state index contributed by atoms with van der Waals surface area (Å²) in [6.45, 7) is 0.351. The van der Waals surface area contributed by atoms with Crippen LogP contribution < -0.4 is 0 Å². The van der Waals surface area contributed by atoms with Crippen molar-refractivity contribution in [2.45, 2.75) is 19.0 Å². The van der Waals surface area contributed by atoms with Gasteiger partial charge in [0.2, 0.25) is 0 Å². The maximum atomic E-state index is 12.0. The predicted octanol–water partition coefficient (Wildman–Crippen LogP) is 1.18. The molecule has 0 saturated carbocycles. The maximum Gasteiger partial charge on any atom is 0.326 e. The summed E-state index contributed by atoms with van der Waals surface area (Å²) < 4.78 is 0. The summed E-state index contributed by atoms with van der Waals surface area (Å²) in [5.41, 5.74) is 2.03. The third-order valence-electron chi connectivity index (χ3n) is 3.16. The van der Waals surface area contributed by atoms with E-state index in [4.69, 9.17) is 0 Å². The molecule has 0 unspecified atom stereocenters. The Kier molecular flexibility index (Phi) is 3.23. The van der Waals surface area contributed by atoms with Crippen molar-refractivity contribution >= 4 is 12.0 Å². The molecule has 0 aromatic heterocycles. The SMILES string of the molecule is CN(C)C(=O)N1Cc2ccccc2C[C@H]1C(=O)O. The minimum absolute atomic E-state index is 0.267. The minimum Gasteiger partial charge on any atom is -0.480 e. The minimum atomic E-state index is -0.959. The van der Waals surface area contributed by atoms with Gasteiger partial charge >= 0.3 is 12.0 Å². The van der Waals surface area contributed by atoms with E-state index in [1.807, 2.05) is 24.3 Å². The quantitative estimate of drug-likeness (QED) is 0.811. The largest absolute Gasteiger partial charge is 0.480 e. The molecular formula is C13H16N2O3. The van der Waals surface area contributed by atoms with Crippen LogP contribution in [0, 0.1) is 0 Å². The van der Waals surface area contributed by atoms with Gasteiger partial charge in [0.05, 0.1) is 0 Å². The number of urea groups is 1. The van der Waals surface area contributed by atoms with Crippen LogP contribution in [0.1, 0.15) is 11.1 Å². The first-order valence-corrected chi connectivity index (χ1v) is 5.78. The Balaban J connectivity index is 2.34. The molecule has 0 saturated heterocycles. The summed E-state index contributed by atoms with van der Waals surface area (Å²) in [6, 6.07) is 6.60. The molecule has 5 nitrogen and oxygen atoms in total. The van der Waals surface area contributed by atoms with Crippen LogP contribution in [-0.4, -0.2) is 47.0 Å². The van der Waals surface area contributed by atoms with Crippen molar-refractivity contribution in [3.8, 4) is 0 Å². The van der Waals surface area contributed by atoms with E-state index in [0.29, 0.717) is 13.0 Å². The van der Waals surface area contributed by atoms with Gasteiger partial charge in [0.25, 0.3) is 0 Å². The number of aliphatic carboxylic acids is 1. The van der Waals surface area contributed by atoms with Crippen LogP contribution in [0.5, 0.6) is 0 Å². The van der Waals surface area contributed by atoms with Crippen molar-refractivity contribution in [2.75, 3.05) is 14.1 Å². The molecule has 1 aliphatic rings. The van der Waals surface area contributed by atoms with E-state index in [1.54, 1.807) is 14.1 Å². The zero-order chi connectivity index (χ0) is 13.3. The van der Waals surface area contributed by atoms with Crippen molar-refractivity contribution < 1.29 is 14.7 Å². The molecular weight excluding hydrogens is 232 g/mol. The lowest BCUT2D eigenvalue weighted by molar-refractivity contribution is -0.142. The van der Waals surface area contributed by atoms with Crippen LogP contribution in [0.4, 0.5) is 4.79 Å². The number of benzene rings is 1. The molecule has 18 heavy (non-hydrogen) atoms. The number of nitrogens with zero attached hydrogens (tertiary/aromatic N) is 2. The van der Waals surface area contributed by atoms with Gasteiger partial charge in [-0.15, -0.1) is 0 Å². The Hall–Kier alpha value is -2.04. The standard InChI is InChI=1S/C13H16N2O3/c1-14(2)13(18)15-8-10-6-4-3-5-9(10)7-11(15)12(16)17/h3-6,11H,7-8H2,1-2H3,(H,16,17)/t11-/m0/s1. The van der Waals surface area contributed by atoms with Gasteiger partial charge in [0.1, 0.15) is 6.04 Å². The van der Waals surface area contributed by atoms with Gasteiger partial charge in [0.15, 0.2) is 0 Å².